The minimum atomic E-state index is -4.31. The maximum atomic E-state index is 12.2. The molecule has 1 N–H and O–H groups in total. The van der Waals surface area contributed by atoms with Gasteiger partial charge < -0.3 is 5.32 Å². The summed E-state index contributed by atoms with van der Waals surface area (Å²) in [7, 11) is 1.52. The molecule has 0 aliphatic rings. The monoisotopic (exact) mass is 231 g/mol. The smallest absolute Gasteiger partial charge is 0.359 e. The van der Waals surface area contributed by atoms with Crippen molar-refractivity contribution >= 4 is 5.91 Å². The van der Waals surface area contributed by atoms with Crippen molar-refractivity contribution in [3.8, 4) is 0 Å². The van der Waals surface area contributed by atoms with Gasteiger partial charge in [0.25, 0.3) is 0 Å². The fraction of sp³-hybridized carbons (Fsp3) is 0.364. The lowest BCUT2D eigenvalue weighted by Gasteiger charge is -2.07. The van der Waals surface area contributed by atoms with Crippen LogP contribution in [0.25, 0.3) is 0 Å². The molecule has 1 rings (SSSR count). The van der Waals surface area contributed by atoms with E-state index < -0.39 is 11.7 Å². The predicted octanol–water partition coefficient (Wildman–Crippen LogP) is 2.38. The molecule has 0 fully saturated rings. The average molecular weight is 231 g/mol. The molecule has 1 aromatic carbocycles. The van der Waals surface area contributed by atoms with Crippen molar-refractivity contribution in [2.24, 2.45) is 0 Å². The standard InChI is InChI=1S/C11H12F3NO/c1-15-10(16)7-4-8-2-5-9(6-3-8)11(12,13)14/h2-3,5-6H,4,7H2,1H3,(H,15,16). The van der Waals surface area contributed by atoms with Gasteiger partial charge in [-0.15, -0.1) is 0 Å². The molecular formula is C11H12F3NO. The fourth-order valence-corrected chi connectivity index (χ4v) is 1.24. The van der Waals surface area contributed by atoms with Gasteiger partial charge >= 0.3 is 6.18 Å². The minimum absolute atomic E-state index is 0.125. The molecule has 1 amide bonds. The Labute approximate surface area is 91.5 Å². The molecule has 0 heterocycles. The first-order valence-electron chi connectivity index (χ1n) is 4.80. The Bertz CT molecular complexity index is 356. The second-order valence-corrected chi connectivity index (χ2v) is 3.37. The van der Waals surface area contributed by atoms with Crippen LogP contribution in [0, 0.1) is 0 Å². The zero-order chi connectivity index (χ0) is 12.2. The first kappa shape index (κ1) is 12.5. The van der Waals surface area contributed by atoms with E-state index in [9.17, 15) is 18.0 Å². The van der Waals surface area contributed by atoms with Crippen LogP contribution in [-0.4, -0.2) is 13.0 Å². The Balaban J connectivity index is 2.62. The molecule has 0 bridgehead atoms. The molecular weight excluding hydrogens is 219 g/mol. The zero-order valence-electron chi connectivity index (χ0n) is 8.77. The molecule has 0 saturated carbocycles. The van der Waals surface area contributed by atoms with Gasteiger partial charge in [-0.25, -0.2) is 0 Å². The number of carbonyl (C=O) groups excluding carboxylic acids is 1. The van der Waals surface area contributed by atoms with E-state index in [1.807, 2.05) is 0 Å². The van der Waals surface area contributed by atoms with Crippen molar-refractivity contribution in [2.75, 3.05) is 7.05 Å². The van der Waals surface area contributed by atoms with E-state index in [4.69, 9.17) is 0 Å². The molecule has 0 radical (unpaired) electrons. The molecule has 0 aromatic heterocycles. The van der Waals surface area contributed by atoms with Crippen molar-refractivity contribution in [1.82, 2.24) is 5.32 Å². The number of halogens is 3. The second-order valence-electron chi connectivity index (χ2n) is 3.37. The van der Waals surface area contributed by atoms with E-state index in [1.54, 1.807) is 0 Å². The van der Waals surface area contributed by atoms with Crippen LogP contribution in [0.3, 0.4) is 0 Å². The van der Waals surface area contributed by atoms with Gasteiger partial charge in [-0.1, -0.05) is 12.1 Å². The van der Waals surface area contributed by atoms with Crippen molar-refractivity contribution in [3.05, 3.63) is 35.4 Å². The molecule has 1 aromatic rings. The third-order valence-corrected chi connectivity index (χ3v) is 2.20. The second kappa shape index (κ2) is 5.01. The summed E-state index contributed by atoms with van der Waals surface area (Å²) in [5.41, 5.74) is 0.0489. The van der Waals surface area contributed by atoms with Gasteiger partial charge in [-0.05, 0) is 24.1 Å². The van der Waals surface area contributed by atoms with E-state index in [0.29, 0.717) is 6.42 Å². The number of hydrogen-bond donors (Lipinski definition) is 1. The third kappa shape index (κ3) is 3.56. The first-order chi connectivity index (χ1) is 7.43. The third-order valence-electron chi connectivity index (χ3n) is 2.20. The van der Waals surface area contributed by atoms with Gasteiger partial charge in [-0.3, -0.25) is 4.79 Å². The maximum absolute atomic E-state index is 12.2. The predicted molar refractivity (Wildman–Crippen MR) is 53.8 cm³/mol. The Kier molecular flexibility index (Phi) is 3.93. The van der Waals surface area contributed by atoms with Crippen LogP contribution in [0.5, 0.6) is 0 Å². The van der Waals surface area contributed by atoms with Crippen LogP contribution in [-0.2, 0) is 17.4 Å². The van der Waals surface area contributed by atoms with E-state index in [1.165, 1.54) is 19.2 Å². The summed E-state index contributed by atoms with van der Waals surface area (Å²) in [4.78, 5) is 10.9. The number of amides is 1. The summed E-state index contributed by atoms with van der Waals surface area (Å²) in [6.45, 7) is 0. The SMILES string of the molecule is CNC(=O)CCc1ccc(C(F)(F)F)cc1. The number of alkyl halides is 3. The lowest BCUT2D eigenvalue weighted by molar-refractivity contribution is -0.137. The van der Waals surface area contributed by atoms with Crippen LogP contribution in [0.4, 0.5) is 13.2 Å². The summed E-state index contributed by atoms with van der Waals surface area (Å²) in [6.07, 6.45) is -3.58. The van der Waals surface area contributed by atoms with Crippen molar-refractivity contribution < 1.29 is 18.0 Å². The maximum Gasteiger partial charge on any atom is 0.416 e. The van der Waals surface area contributed by atoms with Gasteiger partial charge in [0.2, 0.25) is 5.91 Å². The summed E-state index contributed by atoms with van der Waals surface area (Å²) in [5.74, 6) is -0.125. The molecule has 88 valence electrons. The quantitative estimate of drug-likeness (QED) is 0.850. The average Bonchev–Trinajstić information content (AvgIpc) is 2.25. The molecule has 2 nitrogen and oxygen atoms in total. The van der Waals surface area contributed by atoms with E-state index in [2.05, 4.69) is 5.32 Å². The fourth-order valence-electron chi connectivity index (χ4n) is 1.24. The summed E-state index contributed by atoms with van der Waals surface area (Å²) in [6, 6.07) is 4.84. The van der Waals surface area contributed by atoms with E-state index >= 15 is 0 Å². The lowest BCUT2D eigenvalue weighted by atomic mass is 10.1. The molecule has 5 heteroatoms. The Morgan fingerprint density at radius 2 is 1.81 bits per heavy atom. The number of rotatable bonds is 3. The number of nitrogens with one attached hydrogen (secondary N) is 1. The van der Waals surface area contributed by atoms with Gasteiger partial charge in [0.05, 0.1) is 5.56 Å². The highest BCUT2D eigenvalue weighted by molar-refractivity contribution is 5.75. The first-order valence-corrected chi connectivity index (χ1v) is 4.80. The minimum Gasteiger partial charge on any atom is -0.359 e. The molecule has 0 unspecified atom stereocenters. The number of benzene rings is 1. The van der Waals surface area contributed by atoms with Gasteiger partial charge in [0.1, 0.15) is 0 Å². The largest absolute Gasteiger partial charge is 0.416 e. The van der Waals surface area contributed by atoms with Crippen molar-refractivity contribution in [2.45, 2.75) is 19.0 Å². The van der Waals surface area contributed by atoms with Crippen LogP contribution in [0.2, 0.25) is 0 Å². The molecule has 0 spiro atoms. The Hall–Kier alpha value is -1.52. The van der Waals surface area contributed by atoms with Crippen LogP contribution in [0.1, 0.15) is 17.5 Å². The van der Waals surface area contributed by atoms with Crippen molar-refractivity contribution in [1.29, 1.82) is 0 Å². The van der Waals surface area contributed by atoms with Crippen molar-refractivity contribution in [3.63, 3.8) is 0 Å². The summed E-state index contributed by atoms with van der Waals surface area (Å²) in [5, 5.41) is 2.45. The van der Waals surface area contributed by atoms with Crippen LogP contribution < -0.4 is 5.32 Å². The van der Waals surface area contributed by atoms with E-state index in [-0.39, 0.29) is 12.3 Å². The molecule has 16 heavy (non-hydrogen) atoms. The molecule has 0 aliphatic carbocycles. The van der Waals surface area contributed by atoms with Gasteiger partial charge in [0, 0.05) is 13.5 Å². The summed E-state index contributed by atoms with van der Waals surface area (Å²) < 4.78 is 36.7. The lowest BCUT2D eigenvalue weighted by Crippen LogP contribution is -2.17. The number of hydrogen-bond acceptors (Lipinski definition) is 1. The number of aryl methyl sites for hydroxylation is 1. The van der Waals surface area contributed by atoms with Gasteiger partial charge in [0.15, 0.2) is 0 Å². The highest BCUT2D eigenvalue weighted by Crippen LogP contribution is 2.29. The Morgan fingerprint density at radius 1 is 1.25 bits per heavy atom. The van der Waals surface area contributed by atoms with Crippen LogP contribution in [0.15, 0.2) is 24.3 Å². The molecule has 0 saturated heterocycles. The summed E-state index contributed by atoms with van der Waals surface area (Å²) >= 11 is 0. The molecule has 0 atom stereocenters. The van der Waals surface area contributed by atoms with Crippen LogP contribution >= 0.6 is 0 Å². The highest BCUT2D eigenvalue weighted by atomic mass is 19.4. The number of carbonyl (C=O) groups is 1. The topological polar surface area (TPSA) is 29.1 Å². The zero-order valence-corrected chi connectivity index (χ0v) is 8.77. The van der Waals surface area contributed by atoms with E-state index in [0.717, 1.165) is 17.7 Å². The van der Waals surface area contributed by atoms with Gasteiger partial charge in [-0.2, -0.15) is 13.2 Å². The molecule has 0 aliphatic heterocycles. The highest BCUT2D eigenvalue weighted by Gasteiger charge is 2.29. The Morgan fingerprint density at radius 3 is 2.25 bits per heavy atom. The normalized spacial score (nSPS) is 11.2.